The molecule has 4 N–H and O–H groups in total. The molecule has 1 unspecified atom stereocenters. The molecular weight excluding hydrogens is 570 g/mol. The van der Waals surface area contributed by atoms with Gasteiger partial charge in [-0.2, -0.15) is 0 Å². The number of rotatable bonds is 8. The lowest BCUT2D eigenvalue weighted by atomic mass is 9.91. The summed E-state index contributed by atoms with van der Waals surface area (Å²) in [6.07, 6.45) is 6.97. The number of hydrogen-bond donors (Lipinski definition) is 3. The van der Waals surface area contributed by atoms with Gasteiger partial charge in [0, 0.05) is 28.8 Å². The van der Waals surface area contributed by atoms with Crippen molar-refractivity contribution in [3.63, 3.8) is 0 Å². The molecule has 3 heterocycles. The van der Waals surface area contributed by atoms with E-state index in [1.165, 1.54) is 28.8 Å². The van der Waals surface area contributed by atoms with E-state index in [9.17, 15) is 4.79 Å². The monoisotopic (exact) mass is 593 g/mol. The molecule has 3 aromatic rings. The van der Waals surface area contributed by atoms with E-state index in [0.29, 0.717) is 33.1 Å². The maximum Gasteiger partial charge on any atom is 0.208 e. The fraction of sp³-hybridized carbons (Fsp3) is 0.375. The highest BCUT2D eigenvalue weighted by Crippen LogP contribution is 2.39. The third-order valence-electron chi connectivity index (χ3n) is 6.62. The summed E-state index contributed by atoms with van der Waals surface area (Å²) in [6, 6.07) is 8.40. The summed E-state index contributed by atoms with van der Waals surface area (Å²) in [5.74, 6) is 0.865. The third kappa shape index (κ3) is 5.58. The Hall–Kier alpha value is -1.53. The average molecular weight is 595 g/mol. The first-order chi connectivity index (χ1) is 17.0. The SMILES string of the molecule is NSOC[C@@H]1CC[C@H](Nc2ncncc2C(=O)c2cc(C3NCCc4ccc(Br)cc43)c(Cl)s2)C1. The molecule has 1 fully saturated rings. The largest absolute Gasteiger partial charge is 0.367 e. The molecule has 1 saturated carbocycles. The summed E-state index contributed by atoms with van der Waals surface area (Å²) in [5, 5.41) is 12.4. The van der Waals surface area contributed by atoms with Crippen molar-refractivity contribution in [1.82, 2.24) is 15.3 Å². The molecule has 184 valence electrons. The maximum absolute atomic E-state index is 13.6. The molecule has 3 atom stereocenters. The molecule has 0 saturated heterocycles. The molecule has 1 aromatic carbocycles. The first-order valence-electron chi connectivity index (χ1n) is 11.4. The van der Waals surface area contributed by atoms with Gasteiger partial charge in [0.25, 0.3) is 0 Å². The van der Waals surface area contributed by atoms with Crippen LogP contribution in [-0.4, -0.2) is 34.9 Å². The summed E-state index contributed by atoms with van der Waals surface area (Å²) in [4.78, 5) is 22.7. The minimum atomic E-state index is -0.131. The van der Waals surface area contributed by atoms with Crippen molar-refractivity contribution >= 4 is 62.7 Å². The van der Waals surface area contributed by atoms with Gasteiger partial charge in [-0.3, -0.25) is 9.93 Å². The van der Waals surface area contributed by atoms with E-state index < -0.39 is 0 Å². The van der Waals surface area contributed by atoms with Crippen molar-refractivity contribution in [1.29, 1.82) is 0 Å². The zero-order valence-electron chi connectivity index (χ0n) is 18.8. The first-order valence-corrected chi connectivity index (χ1v) is 14.2. The maximum atomic E-state index is 13.6. The van der Waals surface area contributed by atoms with Crippen molar-refractivity contribution in [3.8, 4) is 0 Å². The number of carbonyl (C=O) groups is 1. The van der Waals surface area contributed by atoms with Gasteiger partial charge in [-0.05, 0) is 60.9 Å². The van der Waals surface area contributed by atoms with Gasteiger partial charge >= 0.3 is 0 Å². The molecule has 2 aromatic heterocycles. The van der Waals surface area contributed by atoms with Crippen LogP contribution in [0, 0.1) is 5.92 Å². The summed E-state index contributed by atoms with van der Waals surface area (Å²) in [5.41, 5.74) is 3.85. The molecule has 5 rings (SSSR count). The predicted molar refractivity (Wildman–Crippen MR) is 145 cm³/mol. The van der Waals surface area contributed by atoms with Crippen LogP contribution in [0.25, 0.3) is 0 Å². The summed E-state index contributed by atoms with van der Waals surface area (Å²) < 4.78 is 6.93. The van der Waals surface area contributed by atoms with Crippen LogP contribution in [0.3, 0.4) is 0 Å². The summed E-state index contributed by atoms with van der Waals surface area (Å²) in [7, 11) is 0. The van der Waals surface area contributed by atoms with E-state index >= 15 is 0 Å². The van der Waals surface area contributed by atoms with Crippen molar-refractivity contribution in [2.45, 2.75) is 37.8 Å². The van der Waals surface area contributed by atoms with Crippen LogP contribution < -0.4 is 15.8 Å². The molecule has 1 aliphatic heterocycles. The first kappa shape index (κ1) is 25.1. The quantitative estimate of drug-likeness (QED) is 0.178. The summed E-state index contributed by atoms with van der Waals surface area (Å²) in [6.45, 7) is 1.48. The van der Waals surface area contributed by atoms with E-state index in [2.05, 4.69) is 54.7 Å². The lowest BCUT2D eigenvalue weighted by Crippen LogP contribution is -2.30. The van der Waals surface area contributed by atoms with Crippen molar-refractivity contribution in [2.24, 2.45) is 11.1 Å². The van der Waals surface area contributed by atoms with Gasteiger partial charge in [-0.1, -0.05) is 33.6 Å². The van der Waals surface area contributed by atoms with Gasteiger partial charge in [0.2, 0.25) is 5.78 Å². The highest BCUT2D eigenvalue weighted by molar-refractivity contribution is 9.10. The van der Waals surface area contributed by atoms with Gasteiger partial charge < -0.3 is 14.8 Å². The van der Waals surface area contributed by atoms with E-state index in [-0.39, 0.29) is 17.9 Å². The fourth-order valence-electron chi connectivity index (χ4n) is 4.92. The van der Waals surface area contributed by atoms with Crippen LogP contribution in [0.15, 0.2) is 41.3 Å². The third-order valence-corrected chi connectivity index (χ3v) is 8.77. The number of carbonyl (C=O) groups excluding carboxylic acids is 1. The standard InChI is InChI=1S/C24H25BrClN5O2S2/c25-15-3-2-14-5-6-29-21(17(14)8-15)18-9-20(34-23(18)26)22(32)19-10-28-12-30-24(19)31-16-4-1-13(7-16)11-33-35-27/h2-3,8-10,12-13,16,21,29H,1,4-7,11,27H2,(H,28,30,31)/t13-,16+,21?/m1/s1. The van der Waals surface area contributed by atoms with E-state index in [0.717, 1.165) is 54.5 Å². The van der Waals surface area contributed by atoms with Crippen LogP contribution in [0.4, 0.5) is 5.82 Å². The number of ketones is 1. The number of hydrogen-bond acceptors (Lipinski definition) is 9. The number of thiophene rings is 1. The molecule has 0 radical (unpaired) electrons. The van der Waals surface area contributed by atoms with Gasteiger partial charge in [0.05, 0.1) is 39.7 Å². The Kier molecular flexibility index (Phi) is 8.08. The topological polar surface area (TPSA) is 102 Å². The molecule has 11 heteroatoms. The van der Waals surface area contributed by atoms with Crippen LogP contribution in [0.1, 0.15) is 57.2 Å². The fourth-order valence-corrected chi connectivity index (χ4v) is 6.86. The average Bonchev–Trinajstić information content (AvgIpc) is 3.48. The molecule has 7 nitrogen and oxygen atoms in total. The van der Waals surface area contributed by atoms with Crippen molar-refractivity contribution in [2.75, 3.05) is 18.5 Å². The normalized spacial score (nSPS) is 21.6. The molecule has 0 amide bonds. The van der Waals surface area contributed by atoms with Gasteiger partial charge in [0.15, 0.2) is 0 Å². The number of nitrogens with zero attached hydrogens (tertiary/aromatic N) is 2. The number of halogens is 2. The zero-order chi connectivity index (χ0) is 24.4. The predicted octanol–water partition coefficient (Wildman–Crippen LogP) is 5.54. The molecule has 35 heavy (non-hydrogen) atoms. The molecule has 0 spiro atoms. The van der Waals surface area contributed by atoms with E-state index in [1.807, 2.05) is 6.07 Å². The van der Waals surface area contributed by atoms with Crippen LogP contribution in [0.5, 0.6) is 0 Å². The Morgan fingerprint density at radius 3 is 3.09 bits per heavy atom. The van der Waals surface area contributed by atoms with Crippen LogP contribution in [0.2, 0.25) is 4.34 Å². The second kappa shape index (κ2) is 11.2. The molecule has 0 bridgehead atoms. The Morgan fingerprint density at radius 1 is 1.34 bits per heavy atom. The highest BCUT2D eigenvalue weighted by atomic mass is 79.9. The Bertz CT molecular complexity index is 1230. The zero-order valence-corrected chi connectivity index (χ0v) is 22.8. The van der Waals surface area contributed by atoms with Crippen molar-refractivity contribution in [3.05, 3.63) is 72.7 Å². The lowest BCUT2D eigenvalue weighted by molar-refractivity contribution is 0.104. The number of nitrogens with one attached hydrogen (secondary N) is 2. The number of anilines is 1. The molecule has 2 aliphatic rings. The van der Waals surface area contributed by atoms with Crippen LogP contribution in [-0.2, 0) is 10.6 Å². The van der Waals surface area contributed by atoms with Crippen molar-refractivity contribution < 1.29 is 8.98 Å². The van der Waals surface area contributed by atoms with Gasteiger partial charge in [0.1, 0.15) is 12.1 Å². The Balaban J connectivity index is 1.37. The highest BCUT2D eigenvalue weighted by Gasteiger charge is 2.29. The minimum absolute atomic E-state index is 0.0597. The number of benzene rings is 1. The van der Waals surface area contributed by atoms with Gasteiger partial charge in [-0.25, -0.2) is 9.97 Å². The van der Waals surface area contributed by atoms with E-state index in [1.54, 1.807) is 6.20 Å². The van der Waals surface area contributed by atoms with Gasteiger partial charge in [-0.15, -0.1) is 11.3 Å². The van der Waals surface area contributed by atoms with E-state index in [4.69, 9.17) is 20.9 Å². The Morgan fingerprint density at radius 2 is 2.23 bits per heavy atom. The Labute approximate surface area is 226 Å². The van der Waals surface area contributed by atoms with Crippen LogP contribution >= 0.6 is 51.1 Å². The number of nitrogens with two attached hydrogens (primary N) is 1. The second-order valence-corrected chi connectivity index (χ2v) is 11.8. The lowest BCUT2D eigenvalue weighted by Gasteiger charge is -2.27. The second-order valence-electron chi connectivity index (χ2n) is 8.84. The number of aromatic nitrogens is 2. The minimum Gasteiger partial charge on any atom is -0.367 e. The molecule has 1 aliphatic carbocycles. The number of fused-ring (bicyclic) bond motifs is 1. The molecular formula is C24H25BrClN5O2S2. The summed E-state index contributed by atoms with van der Waals surface area (Å²) >= 11 is 12.5. The smallest absolute Gasteiger partial charge is 0.208 e.